The van der Waals surface area contributed by atoms with Crippen molar-refractivity contribution in [2.75, 3.05) is 11.9 Å². The highest BCUT2D eigenvalue weighted by Crippen LogP contribution is 2.32. The van der Waals surface area contributed by atoms with Crippen LogP contribution in [0.2, 0.25) is 5.02 Å². The van der Waals surface area contributed by atoms with E-state index >= 15 is 0 Å². The van der Waals surface area contributed by atoms with Gasteiger partial charge < -0.3 is 5.32 Å². The Morgan fingerprint density at radius 3 is 2.60 bits per heavy atom. The molecule has 0 saturated carbocycles. The summed E-state index contributed by atoms with van der Waals surface area (Å²) < 4.78 is 2.12. The van der Waals surface area contributed by atoms with Gasteiger partial charge in [-0.05, 0) is 48.7 Å². The number of nitrogens with one attached hydrogen (secondary N) is 1. The zero-order valence-corrected chi connectivity index (χ0v) is 18.1. The second-order valence-corrected chi connectivity index (χ2v) is 8.07. The molecule has 4 rings (SSSR count). The van der Waals surface area contributed by atoms with Gasteiger partial charge in [0.15, 0.2) is 5.65 Å². The Morgan fingerprint density at radius 2 is 1.87 bits per heavy atom. The standard InChI is InChI=1S/C25H25ClN4/c1-3-4-7-14-28-24-20(15-18-10-12-19(26)13-11-18)17(2)21(16-27)25-29-22-8-5-6-9-23(22)30(24)25/h5-6,8-13,28H,3-4,7,14-15H2,1-2H3. The van der Waals surface area contributed by atoms with E-state index in [1.165, 1.54) is 12.8 Å². The summed E-state index contributed by atoms with van der Waals surface area (Å²) in [7, 11) is 0. The van der Waals surface area contributed by atoms with Crippen molar-refractivity contribution in [3.63, 3.8) is 0 Å². The number of nitrogens with zero attached hydrogens (tertiary/aromatic N) is 3. The lowest BCUT2D eigenvalue weighted by atomic mass is 9.97. The van der Waals surface area contributed by atoms with Gasteiger partial charge in [0.1, 0.15) is 11.9 Å². The molecule has 5 heteroatoms. The summed E-state index contributed by atoms with van der Waals surface area (Å²) in [5.41, 5.74) is 6.53. The van der Waals surface area contributed by atoms with Crippen molar-refractivity contribution in [3.05, 3.63) is 75.8 Å². The molecule has 0 saturated heterocycles. The maximum atomic E-state index is 9.96. The number of hydrogen-bond donors (Lipinski definition) is 1. The van der Waals surface area contributed by atoms with Gasteiger partial charge in [-0.25, -0.2) is 4.98 Å². The number of hydrogen-bond acceptors (Lipinski definition) is 3. The Morgan fingerprint density at radius 1 is 1.10 bits per heavy atom. The van der Waals surface area contributed by atoms with Crippen LogP contribution in [0.3, 0.4) is 0 Å². The van der Waals surface area contributed by atoms with Crippen molar-refractivity contribution in [1.82, 2.24) is 9.38 Å². The van der Waals surface area contributed by atoms with Gasteiger partial charge >= 0.3 is 0 Å². The van der Waals surface area contributed by atoms with Crippen LogP contribution in [-0.4, -0.2) is 15.9 Å². The SMILES string of the molecule is CCCCCNc1c(Cc2ccc(Cl)cc2)c(C)c(C#N)c2nc3ccccc3n12. The number of benzene rings is 2. The highest BCUT2D eigenvalue weighted by molar-refractivity contribution is 6.30. The summed E-state index contributed by atoms with van der Waals surface area (Å²) in [5.74, 6) is 1.03. The number of fused-ring (bicyclic) bond motifs is 3. The second kappa shape index (κ2) is 8.77. The van der Waals surface area contributed by atoms with Crippen molar-refractivity contribution in [3.8, 4) is 6.07 Å². The molecule has 2 heterocycles. The van der Waals surface area contributed by atoms with E-state index in [0.717, 1.165) is 58.0 Å². The monoisotopic (exact) mass is 416 g/mol. The van der Waals surface area contributed by atoms with Crippen molar-refractivity contribution in [1.29, 1.82) is 5.26 Å². The van der Waals surface area contributed by atoms with Gasteiger partial charge in [-0.3, -0.25) is 4.40 Å². The predicted molar refractivity (Wildman–Crippen MR) is 124 cm³/mol. The number of rotatable bonds is 7. The van der Waals surface area contributed by atoms with Crippen molar-refractivity contribution in [2.24, 2.45) is 0 Å². The predicted octanol–water partition coefficient (Wildman–Crippen LogP) is 6.51. The van der Waals surface area contributed by atoms with Crippen LogP contribution >= 0.6 is 11.6 Å². The van der Waals surface area contributed by atoms with Crippen molar-refractivity contribution >= 4 is 34.1 Å². The van der Waals surface area contributed by atoms with Crippen LogP contribution < -0.4 is 5.32 Å². The van der Waals surface area contributed by atoms with Crippen LogP contribution in [0.5, 0.6) is 0 Å². The molecule has 2 aromatic carbocycles. The second-order valence-electron chi connectivity index (χ2n) is 7.64. The summed E-state index contributed by atoms with van der Waals surface area (Å²) in [6, 6.07) is 18.4. The minimum Gasteiger partial charge on any atom is -0.371 e. The van der Waals surface area contributed by atoms with Gasteiger partial charge in [0.25, 0.3) is 0 Å². The Hall–Kier alpha value is -3.03. The third-order valence-corrected chi connectivity index (χ3v) is 5.85. The van der Waals surface area contributed by atoms with Crippen LogP contribution in [0.15, 0.2) is 48.5 Å². The molecular formula is C25H25ClN4. The van der Waals surface area contributed by atoms with Crippen molar-refractivity contribution < 1.29 is 0 Å². The Labute approximate surface area is 182 Å². The fourth-order valence-electron chi connectivity index (χ4n) is 3.98. The summed E-state index contributed by atoms with van der Waals surface area (Å²) in [5, 5.41) is 14.4. The summed E-state index contributed by atoms with van der Waals surface area (Å²) >= 11 is 6.08. The number of aromatic nitrogens is 2. The van der Waals surface area contributed by atoms with Crippen LogP contribution in [0.4, 0.5) is 5.82 Å². The van der Waals surface area contributed by atoms with E-state index in [9.17, 15) is 5.26 Å². The Bertz CT molecular complexity index is 1230. The number of unbranched alkanes of at least 4 members (excludes halogenated alkanes) is 2. The van der Waals surface area contributed by atoms with E-state index in [1.807, 2.05) is 49.4 Å². The highest BCUT2D eigenvalue weighted by Gasteiger charge is 2.20. The first-order chi connectivity index (χ1) is 14.6. The van der Waals surface area contributed by atoms with Crippen molar-refractivity contribution in [2.45, 2.75) is 39.5 Å². The van der Waals surface area contributed by atoms with Gasteiger partial charge in [0.2, 0.25) is 0 Å². The Kier molecular flexibility index (Phi) is 5.92. The molecule has 0 fully saturated rings. The first-order valence-electron chi connectivity index (χ1n) is 10.4. The molecule has 0 bridgehead atoms. The minimum absolute atomic E-state index is 0.634. The lowest BCUT2D eigenvalue weighted by Crippen LogP contribution is -2.12. The molecule has 4 aromatic rings. The molecule has 0 atom stereocenters. The number of imidazole rings is 1. The van der Waals surface area contributed by atoms with E-state index in [4.69, 9.17) is 16.6 Å². The molecule has 0 aliphatic rings. The summed E-state index contributed by atoms with van der Waals surface area (Å²) in [6.45, 7) is 5.12. The number of anilines is 1. The molecule has 0 radical (unpaired) electrons. The lowest BCUT2D eigenvalue weighted by molar-refractivity contribution is 0.741. The number of halogens is 1. The first kappa shape index (κ1) is 20.3. The smallest absolute Gasteiger partial charge is 0.157 e. The fourth-order valence-corrected chi connectivity index (χ4v) is 4.10. The average molecular weight is 417 g/mol. The number of pyridine rings is 1. The fraction of sp³-hybridized carbons (Fsp3) is 0.280. The molecule has 30 heavy (non-hydrogen) atoms. The topological polar surface area (TPSA) is 53.1 Å². The van der Waals surface area contributed by atoms with Gasteiger partial charge in [0.05, 0.1) is 16.6 Å². The molecule has 4 nitrogen and oxygen atoms in total. The molecular weight excluding hydrogens is 392 g/mol. The minimum atomic E-state index is 0.634. The third-order valence-electron chi connectivity index (χ3n) is 5.60. The van der Waals surface area contributed by atoms with Gasteiger partial charge in [-0.2, -0.15) is 5.26 Å². The zero-order chi connectivity index (χ0) is 21.1. The van der Waals surface area contributed by atoms with E-state index in [1.54, 1.807) is 0 Å². The van der Waals surface area contributed by atoms with Gasteiger partial charge in [-0.15, -0.1) is 0 Å². The third kappa shape index (κ3) is 3.74. The molecule has 0 amide bonds. The zero-order valence-electron chi connectivity index (χ0n) is 17.4. The molecule has 0 aliphatic carbocycles. The molecule has 152 valence electrons. The van der Waals surface area contributed by atoms with Gasteiger partial charge in [0, 0.05) is 23.6 Å². The van der Waals surface area contributed by atoms with Crippen LogP contribution in [0.1, 0.15) is 48.4 Å². The molecule has 1 N–H and O–H groups in total. The normalized spacial score (nSPS) is 11.1. The van der Waals surface area contributed by atoms with E-state index < -0.39 is 0 Å². The maximum absolute atomic E-state index is 9.96. The summed E-state index contributed by atoms with van der Waals surface area (Å²) in [6.07, 6.45) is 4.18. The highest BCUT2D eigenvalue weighted by atomic mass is 35.5. The van der Waals surface area contributed by atoms with Crippen LogP contribution in [0, 0.1) is 18.3 Å². The Balaban J connectivity index is 1.94. The molecule has 0 aliphatic heterocycles. The lowest BCUT2D eigenvalue weighted by Gasteiger charge is -2.19. The largest absolute Gasteiger partial charge is 0.371 e. The maximum Gasteiger partial charge on any atom is 0.157 e. The quantitative estimate of drug-likeness (QED) is 0.349. The summed E-state index contributed by atoms with van der Waals surface area (Å²) in [4.78, 5) is 4.79. The number of nitriles is 1. The molecule has 0 spiro atoms. The first-order valence-corrected chi connectivity index (χ1v) is 10.8. The number of para-hydroxylation sites is 2. The van der Waals surface area contributed by atoms with Crippen LogP contribution in [-0.2, 0) is 6.42 Å². The van der Waals surface area contributed by atoms with E-state index in [2.05, 4.69) is 28.8 Å². The average Bonchev–Trinajstić information content (AvgIpc) is 3.13. The molecule has 0 unspecified atom stereocenters. The van der Waals surface area contributed by atoms with Gasteiger partial charge in [-0.1, -0.05) is 55.6 Å². The van der Waals surface area contributed by atoms with Crippen LogP contribution in [0.25, 0.3) is 16.7 Å². The van der Waals surface area contributed by atoms with E-state index in [0.29, 0.717) is 11.2 Å². The molecule has 2 aromatic heterocycles. The van der Waals surface area contributed by atoms with E-state index in [-0.39, 0.29) is 0 Å².